The number of terminal acetylenes is 2. The van der Waals surface area contributed by atoms with Gasteiger partial charge in [0.1, 0.15) is 24.4 Å². The topological polar surface area (TPSA) is 715 Å². The van der Waals surface area contributed by atoms with Crippen LogP contribution in [0, 0.1) is 24.7 Å². The number of aromatic hydroxyl groups is 9. The van der Waals surface area contributed by atoms with Gasteiger partial charge in [0.2, 0.25) is 0 Å². The average Bonchev–Trinajstić information content (AvgIpc) is 1.26. The van der Waals surface area contributed by atoms with Gasteiger partial charge in [-0.1, -0.05) is 5.21 Å². The van der Waals surface area contributed by atoms with E-state index in [0.29, 0.717) is 18.5 Å². The van der Waals surface area contributed by atoms with E-state index in [1.807, 2.05) is 0 Å². The Labute approximate surface area is 827 Å². The summed E-state index contributed by atoms with van der Waals surface area (Å²) in [5.41, 5.74) is -1.40. The number of hydrogen-bond donors (Lipinski definition) is 15. The second kappa shape index (κ2) is 60.5. The molecule has 1 aliphatic rings. The summed E-state index contributed by atoms with van der Waals surface area (Å²) in [7, 11) is 3.67. The van der Waals surface area contributed by atoms with Gasteiger partial charge in [0.15, 0.2) is 69.5 Å². The molecule has 7 aromatic carbocycles. The predicted octanol–water partition coefficient (Wildman–Crippen LogP) is 2.14. The summed E-state index contributed by atoms with van der Waals surface area (Å²) in [4.78, 5) is 178. The predicted molar refractivity (Wildman–Crippen MR) is 464 cm³/mol. The Hall–Kier alpha value is -14.8. The molecule has 8 aromatic rings. The van der Waals surface area contributed by atoms with Gasteiger partial charge in [0, 0.05) is 42.7 Å². The number of carboxylic acids is 1. The van der Waals surface area contributed by atoms with Gasteiger partial charge in [-0.3, -0.25) is 9.59 Å². The van der Waals surface area contributed by atoms with Crippen LogP contribution in [0.1, 0.15) is 247 Å². The maximum atomic E-state index is 12.9. The van der Waals surface area contributed by atoms with Crippen molar-refractivity contribution in [2.75, 3.05) is 74.2 Å². The number of unbranched alkanes of at least 4 members (excludes halogenated alkanes) is 3. The number of phenols is 9. The van der Waals surface area contributed by atoms with Crippen LogP contribution in [0.15, 0.2) is 115 Å². The molecule has 0 bridgehead atoms. The first kappa shape index (κ1) is 119. The van der Waals surface area contributed by atoms with Crippen molar-refractivity contribution in [1.82, 2.24) is 15.0 Å². The number of phenolic OH excluding ortho intramolecular Hbond substituents is 9. The number of carbonyl (C=O) groups excluding carboxylic acids is 15. The second-order valence-corrected chi connectivity index (χ2v) is 27.5. The zero-order valence-electron chi connectivity index (χ0n) is 75.7. The van der Waals surface area contributed by atoms with E-state index in [2.05, 4.69) is 36.4 Å². The molecule has 15 N–H and O–H groups in total. The van der Waals surface area contributed by atoms with Crippen LogP contribution in [0.2, 0.25) is 0 Å². The third kappa shape index (κ3) is 37.5. The molecule has 1 fully saturated rings. The van der Waals surface area contributed by atoms with Crippen LogP contribution in [-0.4, -0.2) is 279 Å². The first-order valence-corrected chi connectivity index (χ1v) is 40.4. The van der Waals surface area contributed by atoms with Crippen molar-refractivity contribution in [2.45, 2.75) is 117 Å². The van der Waals surface area contributed by atoms with Crippen molar-refractivity contribution in [3.8, 4) is 76.4 Å². The number of rotatable bonds is 30. The molecular weight excluding hydrogens is 1860 g/mol. The van der Waals surface area contributed by atoms with E-state index < -0.39 is 189 Å². The number of aliphatic hydroxyl groups is 6. The Balaban J connectivity index is 0.000000611. The summed E-state index contributed by atoms with van der Waals surface area (Å²) < 4.78 is 54.6. The molecule has 138 heavy (non-hydrogen) atoms. The fraction of sp³-hybridized carbons (Fsp3) is 0.315. The minimum absolute atomic E-state index is 0. The smallest absolute Gasteiger partial charge is 0.545 e. The van der Waals surface area contributed by atoms with Gasteiger partial charge in [0.05, 0.1) is 146 Å². The van der Waals surface area contributed by atoms with Gasteiger partial charge < -0.3 is 139 Å². The standard InChI is InChI=1S/C29H31N3O15.C23H20O10.C13H14O5.C12H12O5.C7H6O5.C6H10O.C2H6O.K/c1-2-44-26(40)13-6-14(8-15(7-13)28(42)47-29(43)16-9-18(34)21(36)19(35)10-16)27(41)45-5-3-4-17-11-32(31-30-17)25-24(39)23(38)22(37)20(12-33)46-25;1-3-5-6-7-32-21(28)14-8-13(20(27)31-4-2)9-15(10-14)22(29)33-23(30)16-11-17(24)19(26)18(25)12-16;1-4-18-13(16)11-6-9(8(2)14)5-10(7-11)12(15)17-3;1-7(13)8-4-9(11(14)16-2)6-10(5-8)12(15)17-3;8-4-1-3(7(11)12)2-5(9)6(4)10;1-2-3-4-5-6-7;1-2-3;/h6-11,20,22-25,33-39H,2-5,12H2,1H3;1,8-12,24-26H,4-7H2,2H3;5-7H,4H2,1-3H3;4-6H,1-3H3;1-2,8-10H,(H,11,12);1,7H,3-6H2;3H,2H2,1H3;/q;;;;;;;+1/p-1. The molecule has 5 atom stereocenters. The van der Waals surface area contributed by atoms with Crippen molar-refractivity contribution in [2.24, 2.45) is 0 Å². The normalized spacial score (nSPS) is 13.3. The number of carbonyl (C=O) groups is 15. The summed E-state index contributed by atoms with van der Waals surface area (Å²) in [6.07, 6.45) is 8.19. The van der Waals surface area contributed by atoms with Crippen molar-refractivity contribution >= 4 is 89.2 Å². The van der Waals surface area contributed by atoms with E-state index in [-0.39, 0.29) is 183 Å². The Bertz CT molecular complexity index is 5620. The maximum absolute atomic E-state index is 12.9. The number of nitrogens with zero attached hydrogens (tertiary/aromatic N) is 3. The summed E-state index contributed by atoms with van der Waals surface area (Å²) in [6, 6.07) is 19.3. The Morgan fingerprint density at radius 2 is 0.659 bits per heavy atom. The van der Waals surface area contributed by atoms with Crippen molar-refractivity contribution in [3.05, 3.63) is 205 Å². The number of ketones is 2. The monoisotopic (exact) mass is 1960 g/mol. The van der Waals surface area contributed by atoms with Crippen LogP contribution in [0.4, 0.5) is 0 Å². The van der Waals surface area contributed by atoms with Crippen molar-refractivity contribution in [1.29, 1.82) is 0 Å². The van der Waals surface area contributed by atoms with E-state index >= 15 is 0 Å². The third-order valence-corrected chi connectivity index (χ3v) is 17.5. The molecular formula is C92H98KN3O42. The first-order valence-electron chi connectivity index (χ1n) is 40.4. The summed E-state index contributed by atoms with van der Waals surface area (Å²) in [5, 5.41) is 157. The number of aromatic nitrogens is 3. The molecule has 1 aromatic heterocycles. The number of esters is 12. The molecule has 46 heteroatoms. The van der Waals surface area contributed by atoms with Gasteiger partial charge in [0.25, 0.3) is 0 Å². The molecule has 45 nitrogen and oxygen atoms in total. The van der Waals surface area contributed by atoms with E-state index in [1.165, 1.54) is 84.7 Å². The van der Waals surface area contributed by atoms with E-state index in [0.717, 1.165) is 96.7 Å². The van der Waals surface area contributed by atoms with E-state index in [4.69, 9.17) is 76.3 Å². The average molecular weight is 1960 g/mol. The molecule has 2 heterocycles. The zero-order valence-corrected chi connectivity index (χ0v) is 78.8. The Kier molecular flexibility index (Phi) is 52.3. The van der Waals surface area contributed by atoms with Crippen LogP contribution in [0.3, 0.4) is 0 Å². The Morgan fingerprint density at radius 3 is 0.942 bits per heavy atom. The minimum Gasteiger partial charge on any atom is -0.545 e. The number of hydrogen-bond acceptors (Lipinski definition) is 44. The van der Waals surface area contributed by atoms with E-state index in [9.17, 15) is 128 Å². The number of benzene rings is 7. The van der Waals surface area contributed by atoms with Crippen LogP contribution < -0.4 is 56.5 Å². The van der Waals surface area contributed by atoms with Crippen LogP contribution in [0.25, 0.3) is 0 Å². The number of ether oxygens (including phenoxy) is 11. The molecule has 0 spiro atoms. The zero-order chi connectivity index (χ0) is 103. The van der Waals surface area contributed by atoms with Gasteiger partial charge >= 0.3 is 123 Å². The van der Waals surface area contributed by atoms with Gasteiger partial charge in [-0.05, 0) is 183 Å². The molecule has 1 aliphatic heterocycles. The number of Topliss-reactive ketones (excluding diaryl/α,β-unsaturated/α-hetero) is 2. The number of carboxylic acid groups (broad SMARTS) is 1. The number of aryl methyl sites for hydroxylation is 1. The number of methoxy groups -OCH3 is 3. The quantitative estimate of drug-likeness (QED) is 0.00448. The number of aliphatic hydroxyl groups excluding tert-OH is 6. The fourth-order valence-electron chi connectivity index (χ4n) is 10.8. The third-order valence-electron chi connectivity index (χ3n) is 17.5. The maximum Gasteiger partial charge on any atom is 1.00 e. The molecule has 0 saturated carbocycles. The molecule has 0 aliphatic carbocycles. The van der Waals surface area contributed by atoms with Gasteiger partial charge in [-0.15, -0.1) is 29.8 Å². The molecule has 1 saturated heterocycles. The van der Waals surface area contributed by atoms with Crippen LogP contribution in [-0.2, 0) is 58.5 Å². The SMILES string of the molecule is C#CCCCCO.C#CCCCOC(=O)c1cc(C(=O)OCC)cc(C(=O)OC(=O)c2cc(O)c(O)c(O)c2)c1.CCO.CCOC(=O)c1cc(C(=O)OCCCc2cn(C3OC(CO)C(O)C(O)C3O)nn2)cc(C(=O)OC(=O)c2cc(O)c(O)c(O)c2)c1.CCOC(=O)c1cc(C(C)=O)cc(C(=O)OC)c1.COC(=O)c1cc(C(C)=O)cc(C(=O)OC)c1.O=C([O-])c1cc(O)c(O)c(O)c1.[K+]. The summed E-state index contributed by atoms with van der Waals surface area (Å²) in [6.45, 7) is 9.13. The van der Waals surface area contributed by atoms with E-state index in [1.54, 1.807) is 20.8 Å². The van der Waals surface area contributed by atoms with Crippen LogP contribution >= 0.6 is 0 Å². The molecule has 0 radical (unpaired) electrons. The molecule has 9 rings (SSSR count). The number of aromatic carboxylic acids is 1. The minimum atomic E-state index is -1.61. The first-order chi connectivity index (χ1) is 64.8. The summed E-state index contributed by atoms with van der Waals surface area (Å²) in [5.74, 6) is -15.4. The van der Waals surface area contributed by atoms with Crippen molar-refractivity contribution in [3.63, 3.8) is 0 Å². The summed E-state index contributed by atoms with van der Waals surface area (Å²) >= 11 is 0. The molecule has 734 valence electrons. The second-order valence-electron chi connectivity index (χ2n) is 27.5. The molecule has 0 amide bonds. The van der Waals surface area contributed by atoms with Gasteiger partial charge in [-0.2, -0.15) is 0 Å². The fourth-order valence-corrected chi connectivity index (χ4v) is 10.8. The Morgan fingerprint density at radius 1 is 0.384 bits per heavy atom. The molecule has 5 unspecified atom stereocenters. The van der Waals surface area contributed by atoms with Crippen LogP contribution in [0.5, 0.6) is 51.7 Å². The largest absolute Gasteiger partial charge is 1.00 e. The van der Waals surface area contributed by atoms with Gasteiger partial charge in [-0.25, -0.2) is 62.2 Å². The van der Waals surface area contributed by atoms with Crippen molar-refractivity contribution < 1.29 is 257 Å².